The van der Waals surface area contributed by atoms with Crippen LogP contribution in [-0.2, 0) is 4.79 Å². The first-order valence-corrected chi connectivity index (χ1v) is 7.66. The van der Waals surface area contributed by atoms with E-state index in [-0.39, 0.29) is 18.1 Å². The summed E-state index contributed by atoms with van der Waals surface area (Å²) in [5.74, 6) is -0.772. The van der Waals surface area contributed by atoms with E-state index in [9.17, 15) is 9.18 Å². The van der Waals surface area contributed by atoms with Crippen molar-refractivity contribution in [3.8, 4) is 0 Å². The molecule has 0 heterocycles. The number of amides is 1. The van der Waals surface area contributed by atoms with Crippen LogP contribution in [0.1, 0.15) is 0 Å². The Morgan fingerprint density at radius 1 is 1.20 bits per heavy atom. The monoisotopic (exact) mass is 448 g/mol. The van der Waals surface area contributed by atoms with Crippen molar-refractivity contribution in [1.29, 1.82) is 0 Å². The van der Waals surface area contributed by atoms with Gasteiger partial charge in [-0.1, -0.05) is 15.9 Å². The molecular weight excluding hydrogens is 438 g/mol. The first-order valence-electron chi connectivity index (χ1n) is 5.79. The highest BCUT2D eigenvalue weighted by Gasteiger charge is 2.07. The Morgan fingerprint density at radius 3 is 2.55 bits per heavy atom. The van der Waals surface area contributed by atoms with E-state index in [0.29, 0.717) is 4.47 Å². The van der Waals surface area contributed by atoms with E-state index in [2.05, 4.69) is 49.2 Å². The van der Waals surface area contributed by atoms with Gasteiger partial charge in [-0.3, -0.25) is 4.79 Å². The Bertz CT molecular complexity index is 619. The first kappa shape index (κ1) is 15.2. The molecule has 0 atom stereocenters. The SMILES string of the molecule is O=C(CNc1ccc(I)cc1)Nc1ccc(Br)cc1F. The maximum absolute atomic E-state index is 13.6. The minimum Gasteiger partial charge on any atom is -0.376 e. The van der Waals surface area contributed by atoms with Crippen LogP contribution in [0.5, 0.6) is 0 Å². The lowest BCUT2D eigenvalue weighted by Gasteiger charge is -2.09. The summed E-state index contributed by atoms with van der Waals surface area (Å²) in [4.78, 5) is 11.7. The van der Waals surface area contributed by atoms with E-state index in [1.54, 1.807) is 6.07 Å². The Balaban J connectivity index is 1.90. The lowest BCUT2D eigenvalue weighted by atomic mass is 10.3. The van der Waals surface area contributed by atoms with E-state index in [1.807, 2.05) is 24.3 Å². The molecule has 0 spiro atoms. The molecule has 0 radical (unpaired) electrons. The molecule has 104 valence electrons. The van der Waals surface area contributed by atoms with Crippen LogP contribution < -0.4 is 10.6 Å². The summed E-state index contributed by atoms with van der Waals surface area (Å²) < 4.78 is 15.3. The van der Waals surface area contributed by atoms with Crippen LogP contribution in [0, 0.1) is 9.39 Å². The second-order valence-electron chi connectivity index (χ2n) is 4.03. The van der Waals surface area contributed by atoms with Crippen molar-refractivity contribution in [2.24, 2.45) is 0 Å². The number of carbonyl (C=O) groups excluding carboxylic acids is 1. The summed E-state index contributed by atoms with van der Waals surface area (Å²) in [7, 11) is 0. The average molecular weight is 449 g/mol. The van der Waals surface area contributed by atoms with Gasteiger partial charge in [-0.15, -0.1) is 0 Å². The van der Waals surface area contributed by atoms with Crippen molar-refractivity contribution in [3.63, 3.8) is 0 Å². The van der Waals surface area contributed by atoms with Crippen molar-refractivity contribution < 1.29 is 9.18 Å². The lowest BCUT2D eigenvalue weighted by Crippen LogP contribution is -2.22. The largest absolute Gasteiger partial charge is 0.376 e. The summed E-state index contributed by atoms with van der Waals surface area (Å²) in [5.41, 5.74) is 1.01. The fraction of sp³-hybridized carbons (Fsp3) is 0.0714. The summed E-state index contributed by atoms with van der Waals surface area (Å²) >= 11 is 5.37. The standard InChI is InChI=1S/C14H11BrFIN2O/c15-9-1-6-13(12(16)7-9)19-14(20)8-18-11-4-2-10(17)3-5-11/h1-7,18H,8H2,(H,19,20). The minimum absolute atomic E-state index is 0.0795. The average Bonchev–Trinajstić information content (AvgIpc) is 2.41. The van der Waals surface area contributed by atoms with E-state index < -0.39 is 5.82 Å². The number of carbonyl (C=O) groups is 1. The lowest BCUT2D eigenvalue weighted by molar-refractivity contribution is -0.114. The molecule has 1 amide bonds. The van der Waals surface area contributed by atoms with Gasteiger partial charge in [-0.2, -0.15) is 0 Å². The molecule has 20 heavy (non-hydrogen) atoms. The Morgan fingerprint density at radius 2 is 1.90 bits per heavy atom. The van der Waals surface area contributed by atoms with Gasteiger partial charge in [0.2, 0.25) is 5.91 Å². The van der Waals surface area contributed by atoms with Crippen LogP contribution >= 0.6 is 38.5 Å². The number of nitrogens with one attached hydrogen (secondary N) is 2. The highest BCUT2D eigenvalue weighted by Crippen LogP contribution is 2.19. The highest BCUT2D eigenvalue weighted by atomic mass is 127. The molecule has 0 saturated carbocycles. The second-order valence-corrected chi connectivity index (χ2v) is 6.19. The number of anilines is 2. The highest BCUT2D eigenvalue weighted by molar-refractivity contribution is 14.1. The summed E-state index contributed by atoms with van der Waals surface area (Å²) in [6.07, 6.45) is 0. The molecule has 0 unspecified atom stereocenters. The van der Waals surface area contributed by atoms with Gasteiger partial charge in [0.25, 0.3) is 0 Å². The first-order chi connectivity index (χ1) is 9.54. The van der Waals surface area contributed by atoms with Gasteiger partial charge in [-0.25, -0.2) is 4.39 Å². The van der Waals surface area contributed by atoms with Crippen molar-refractivity contribution in [2.45, 2.75) is 0 Å². The van der Waals surface area contributed by atoms with Gasteiger partial charge < -0.3 is 10.6 Å². The van der Waals surface area contributed by atoms with Crippen LogP contribution in [-0.4, -0.2) is 12.5 Å². The van der Waals surface area contributed by atoms with Crippen LogP contribution in [0.4, 0.5) is 15.8 Å². The molecule has 3 nitrogen and oxygen atoms in total. The quantitative estimate of drug-likeness (QED) is 0.687. The Hall–Kier alpha value is -1.15. The minimum atomic E-state index is -0.470. The zero-order valence-corrected chi connectivity index (χ0v) is 14.0. The molecule has 0 fully saturated rings. The maximum atomic E-state index is 13.6. The van der Waals surface area contributed by atoms with E-state index in [1.165, 1.54) is 12.1 Å². The second kappa shape index (κ2) is 7.03. The van der Waals surface area contributed by atoms with Crippen molar-refractivity contribution in [2.75, 3.05) is 17.2 Å². The molecule has 0 aliphatic carbocycles. The molecule has 0 bridgehead atoms. The number of benzene rings is 2. The third-order valence-corrected chi connectivity index (χ3v) is 3.71. The van der Waals surface area contributed by atoms with Crippen LogP contribution in [0.3, 0.4) is 0 Å². The molecule has 0 aliphatic rings. The van der Waals surface area contributed by atoms with Crippen molar-refractivity contribution in [1.82, 2.24) is 0 Å². The fourth-order valence-corrected chi connectivity index (χ4v) is 2.23. The molecule has 2 aromatic rings. The number of hydrogen-bond donors (Lipinski definition) is 2. The third kappa shape index (κ3) is 4.45. The van der Waals surface area contributed by atoms with E-state index >= 15 is 0 Å². The summed E-state index contributed by atoms with van der Waals surface area (Å²) in [5, 5.41) is 5.50. The van der Waals surface area contributed by atoms with Gasteiger partial charge in [0.15, 0.2) is 0 Å². The zero-order valence-electron chi connectivity index (χ0n) is 10.3. The Kier molecular flexibility index (Phi) is 5.36. The van der Waals surface area contributed by atoms with Crippen molar-refractivity contribution >= 4 is 55.8 Å². The van der Waals surface area contributed by atoms with E-state index in [4.69, 9.17) is 0 Å². The summed E-state index contributed by atoms with van der Waals surface area (Å²) in [6.45, 7) is 0.0795. The molecular formula is C14H11BrFIN2O. The molecule has 0 aromatic heterocycles. The van der Waals surface area contributed by atoms with Crippen LogP contribution in [0.15, 0.2) is 46.9 Å². The predicted octanol–water partition coefficient (Wildman–Crippen LogP) is 4.24. The van der Waals surface area contributed by atoms with Gasteiger partial charge in [0, 0.05) is 13.7 Å². The van der Waals surface area contributed by atoms with Crippen LogP contribution in [0.25, 0.3) is 0 Å². The zero-order chi connectivity index (χ0) is 14.5. The van der Waals surface area contributed by atoms with Crippen LogP contribution in [0.2, 0.25) is 0 Å². The van der Waals surface area contributed by atoms with Gasteiger partial charge in [0.1, 0.15) is 5.82 Å². The van der Waals surface area contributed by atoms with E-state index in [0.717, 1.165) is 9.26 Å². The topological polar surface area (TPSA) is 41.1 Å². The van der Waals surface area contributed by atoms with Gasteiger partial charge >= 0.3 is 0 Å². The normalized spacial score (nSPS) is 10.2. The molecule has 2 aromatic carbocycles. The molecule has 0 aliphatic heterocycles. The van der Waals surface area contributed by atoms with Gasteiger partial charge in [-0.05, 0) is 65.1 Å². The molecule has 6 heteroatoms. The predicted molar refractivity (Wildman–Crippen MR) is 90.4 cm³/mol. The number of halogens is 3. The summed E-state index contributed by atoms with van der Waals surface area (Å²) in [6, 6.07) is 12.1. The number of rotatable bonds is 4. The maximum Gasteiger partial charge on any atom is 0.243 e. The molecule has 2 N–H and O–H groups in total. The third-order valence-electron chi connectivity index (χ3n) is 2.50. The Labute approximate surface area is 138 Å². The molecule has 2 rings (SSSR count). The molecule has 0 saturated heterocycles. The fourth-order valence-electron chi connectivity index (χ4n) is 1.54. The van der Waals surface area contributed by atoms with Gasteiger partial charge in [0.05, 0.1) is 12.2 Å². The number of hydrogen-bond acceptors (Lipinski definition) is 2. The smallest absolute Gasteiger partial charge is 0.243 e. The van der Waals surface area contributed by atoms with Crippen molar-refractivity contribution in [3.05, 3.63) is 56.3 Å².